The van der Waals surface area contributed by atoms with Gasteiger partial charge in [0.25, 0.3) is 0 Å². The Kier molecular flexibility index (Phi) is 7.14. The van der Waals surface area contributed by atoms with Crippen LogP contribution in [0, 0.1) is 23.7 Å². The SMILES string of the molecule is CC1CCCN(Cc2ccccc2)/C1=N/C(=O)O[C@@H]1C[C@H](C)CC[C@H]1C(C)C. The molecule has 1 heterocycles. The van der Waals surface area contributed by atoms with E-state index in [1.165, 1.54) is 12.0 Å². The van der Waals surface area contributed by atoms with E-state index in [0.717, 1.165) is 44.6 Å². The number of hydrogen-bond acceptors (Lipinski definition) is 2. The van der Waals surface area contributed by atoms with E-state index < -0.39 is 6.09 Å². The lowest BCUT2D eigenvalue weighted by molar-refractivity contribution is 0.0105. The Morgan fingerprint density at radius 1 is 1.18 bits per heavy atom. The largest absolute Gasteiger partial charge is 0.444 e. The van der Waals surface area contributed by atoms with Crippen molar-refractivity contribution in [2.24, 2.45) is 28.7 Å². The number of amides is 1. The van der Waals surface area contributed by atoms with Crippen LogP contribution in [0.15, 0.2) is 35.3 Å². The molecule has 1 saturated carbocycles. The summed E-state index contributed by atoms with van der Waals surface area (Å²) in [5, 5.41) is 0. The average molecular weight is 385 g/mol. The van der Waals surface area contributed by atoms with E-state index in [2.05, 4.69) is 61.9 Å². The van der Waals surface area contributed by atoms with Crippen molar-refractivity contribution >= 4 is 11.9 Å². The zero-order chi connectivity index (χ0) is 20.1. The van der Waals surface area contributed by atoms with E-state index >= 15 is 0 Å². The molecule has 0 bridgehead atoms. The van der Waals surface area contributed by atoms with Gasteiger partial charge in [0.05, 0.1) is 0 Å². The Bertz CT molecular complexity index is 670. The number of benzene rings is 1. The number of amidine groups is 1. The highest BCUT2D eigenvalue weighted by Gasteiger charge is 2.34. The van der Waals surface area contributed by atoms with Gasteiger partial charge in [0, 0.05) is 19.0 Å². The fourth-order valence-electron chi connectivity index (χ4n) is 4.79. The van der Waals surface area contributed by atoms with Crippen LogP contribution in [0.3, 0.4) is 0 Å². The minimum absolute atomic E-state index is 0.00192. The molecule has 0 spiro atoms. The van der Waals surface area contributed by atoms with Gasteiger partial charge in [-0.15, -0.1) is 0 Å². The highest BCUT2D eigenvalue weighted by Crippen LogP contribution is 2.35. The van der Waals surface area contributed by atoms with Gasteiger partial charge in [-0.2, -0.15) is 4.99 Å². The van der Waals surface area contributed by atoms with Gasteiger partial charge in [-0.25, -0.2) is 4.79 Å². The topological polar surface area (TPSA) is 41.9 Å². The van der Waals surface area contributed by atoms with Crippen LogP contribution in [0.4, 0.5) is 4.79 Å². The molecule has 3 rings (SSSR count). The summed E-state index contributed by atoms with van der Waals surface area (Å²) < 4.78 is 5.93. The lowest BCUT2D eigenvalue weighted by Crippen LogP contribution is -2.41. The van der Waals surface area contributed by atoms with Gasteiger partial charge < -0.3 is 9.64 Å². The summed E-state index contributed by atoms with van der Waals surface area (Å²) in [6, 6.07) is 10.4. The molecule has 0 radical (unpaired) electrons. The Hall–Kier alpha value is -1.84. The number of carbonyl (C=O) groups excluding carboxylic acids is 1. The minimum atomic E-state index is -0.397. The lowest BCUT2D eigenvalue weighted by atomic mass is 9.75. The van der Waals surface area contributed by atoms with Crippen molar-refractivity contribution in [2.45, 2.75) is 72.4 Å². The van der Waals surface area contributed by atoms with E-state index in [9.17, 15) is 4.79 Å². The molecular weight excluding hydrogens is 348 g/mol. The Morgan fingerprint density at radius 3 is 2.64 bits per heavy atom. The van der Waals surface area contributed by atoms with Crippen LogP contribution >= 0.6 is 0 Å². The summed E-state index contributed by atoms with van der Waals surface area (Å²) in [5.74, 6) is 2.77. The molecule has 1 unspecified atom stereocenters. The smallest absolute Gasteiger partial charge is 0.435 e. The second kappa shape index (κ2) is 9.58. The lowest BCUT2D eigenvalue weighted by Gasteiger charge is -2.37. The van der Waals surface area contributed by atoms with Crippen molar-refractivity contribution in [3.05, 3.63) is 35.9 Å². The van der Waals surface area contributed by atoms with Gasteiger partial charge in [0.15, 0.2) is 0 Å². The number of nitrogens with zero attached hydrogens (tertiary/aromatic N) is 2. The molecule has 4 heteroatoms. The van der Waals surface area contributed by atoms with Crippen molar-refractivity contribution in [2.75, 3.05) is 6.54 Å². The number of hydrogen-bond donors (Lipinski definition) is 0. The first-order valence-electron chi connectivity index (χ1n) is 11.0. The molecule has 1 aliphatic heterocycles. The van der Waals surface area contributed by atoms with Gasteiger partial charge in [0.2, 0.25) is 0 Å². The number of likely N-dealkylation sites (tertiary alicyclic amines) is 1. The Labute approximate surface area is 170 Å². The molecule has 1 aromatic carbocycles. The van der Waals surface area contributed by atoms with Gasteiger partial charge in [-0.05, 0) is 49.0 Å². The first-order valence-corrected chi connectivity index (χ1v) is 11.0. The van der Waals surface area contributed by atoms with E-state index in [-0.39, 0.29) is 12.0 Å². The molecule has 0 N–H and O–H groups in total. The summed E-state index contributed by atoms with van der Waals surface area (Å²) >= 11 is 0. The third-order valence-electron chi connectivity index (χ3n) is 6.47. The molecule has 0 aromatic heterocycles. The van der Waals surface area contributed by atoms with Gasteiger partial charge >= 0.3 is 6.09 Å². The molecule has 1 aromatic rings. The van der Waals surface area contributed by atoms with Crippen molar-refractivity contribution in [1.29, 1.82) is 0 Å². The second-order valence-corrected chi connectivity index (χ2v) is 9.17. The van der Waals surface area contributed by atoms with Crippen molar-refractivity contribution < 1.29 is 9.53 Å². The third-order valence-corrected chi connectivity index (χ3v) is 6.47. The van der Waals surface area contributed by atoms with Crippen LogP contribution in [0.5, 0.6) is 0 Å². The predicted molar refractivity (Wildman–Crippen MR) is 114 cm³/mol. The van der Waals surface area contributed by atoms with Crippen LogP contribution in [0.2, 0.25) is 0 Å². The minimum Gasteiger partial charge on any atom is -0.444 e. The van der Waals surface area contributed by atoms with E-state index in [1.54, 1.807) is 0 Å². The quantitative estimate of drug-likeness (QED) is 0.647. The fraction of sp³-hybridized carbons (Fsp3) is 0.667. The monoisotopic (exact) mass is 384 g/mol. The normalized spacial score (nSPS) is 29.9. The van der Waals surface area contributed by atoms with Gasteiger partial charge in [0.1, 0.15) is 11.9 Å². The maximum atomic E-state index is 12.8. The van der Waals surface area contributed by atoms with Gasteiger partial charge in [-0.3, -0.25) is 0 Å². The zero-order valence-corrected chi connectivity index (χ0v) is 17.9. The first kappa shape index (κ1) is 20.9. The molecule has 2 aliphatic rings. The summed E-state index contributed by atoms with van der Waals surface area (Å²) in [4.78, 5) is 19.5. The summed E-state index contributed by atoms with van der Waals surface area (Å²) in [7, 11) is 0. The molecule has 2 fully saturated rings. The summed E-state index contributed by atoms with van der Waals surface area (Å²) in [5.41, 5.74) is 1.25. The van der Waals surface area contributed by atoms with E-state index in [0.29, 0.717) is 17.8 Å². The third kappa shape index (κ3) is 5.36. The number of aliphatic imine (C=N–C) groups is 1. The average Bonchev–Trinajstić information content (AvgIpc) is 2.65. The molecular formula is C24H36N2O2. The van der Waals surface area contributed by atoms with Crippen LogP contribution < -0.4 is 0 Å². The predicted octanol–water partition coefficient (Wildman–Crippen LogP) is 5.91. The number of piperidine rings is 1. The molecule has 28 heavy (non-hydrogen) atoms. The summed E-state index contributed by atoms with van der Waals surface area (Å²) in [6.07, 6.45) is 5.15. The maximum absolute atomic E-state index is 12.8. The van der Waals surface area contributed by atoms with Crippen LogP contribution in [-0.2, 0) is 11.3 Å². The van der Waals surface area contributed by atoms with Crippen molar-refractivity contribution in [3.8, 4) is 0 Å². The van der Waals surface area contributed by atoms with E-state index in [4.69, 9.17) is 4.74 Å². The van der Waals surface area contributed by atoms with Crippen LogP contribution in [0.25, 0.3) is 0 Å². The number of carbonyl (C=O) groups is 1. The highest BCUT2D eigenvalue weighted by atomic mass is 16.6. The molecule has 1 aliphatic carbocycles. The maximum Gasteiger partial charge on any atom is 0.435 e. The standard InChI is InChI=1S/C24H36N2O2/c1-17(2)21-13-12-18(3)15-22(21)28-24(27)25-23-19(4)9-8-14-26(23)16-20-10-6-5-7-11-20/h5-7,10-11,17-19,21-22H,8-9,12-16H2,1-4H3/b25-23+/t18-,19?,21+,22-/m1/s1. The zero-order valence-electron chi connectivity index (χ0n) is 17.9. The summed E-state index contributed by atoms with van der Waals surface area (Å²) in [6.45, 7) is 10.6. The Balaban J connectivity index is 1.71. The van der Waals surface area contributed by atoms with Crippen molar-refractivity contribution in [3.63, 3.8) is 0 Å². The molecule has 1 amide bonds. The fourth-order valence-corrected chi connectivity index (χ4v) is 4.79. The van der Waals surface area contributed by atoms with E-state index in [1.807, 2.05) is 6.07 Å². The number of rotatable bonds is 4. The molecule has 154 valence electrons. The number of ether oxygens (including phenoxy) is 1. The molecule has 4 atom stereocenters. The molecule has 4 nitrogen and oxygen atoms in total. The second-order valence-electron chi connectivity index (χ2n) is 9.17. The van der Waals surface area contributed by atoms with Crippen LogP contribution in [0.1, 0.15) is 65.4 Å². The van der Waals surface area contributed by atoms with Crippen molar-refractivity contribution in [1.82, 2.24) is 4.90 Å². The van der Waals surface area contributed by atoms with Crippen LogP contribution in [-0.4, -0.2) is 29.5 Å². The Morgan fingerprint density at radius 2 is 1.93 bits per heavy atom. The highest BCUT2D eigenvalue weighted by molar-refractivity contribution is 5.93. The van der Waals surface area contributed by atoms with Gasteiger partial charge in [-0.1, -0.05) is 64.4 Å². The first-order chi connectivity index (χ1) is 13.4. The molecule has 1 saturated heterocycles.